The molecular weight excluding hydrogens is 230 g/mol. The zero-order valence-corrected chi connectivity index (χ0v) is 9.53. The summed E-state index contributed by atoms with van der Waals surface area (Å²) in [4.78, 5) is 15.6. The summed E-state index contributed by atoms with van der Waals surface area (Å²) in [5.74, 6) is 1.34. The Morgan fingerprint density at radius 3 is 3.13 bits per heavy atom. The molecule has 2 heterocycles. The molecule has 0 spiro atoms. The number of carbonyl (C=O) groups excluding carboxylic acids is 1. The van der Waals surface area contributed by atoms with Gasteiger partial charge in [-0.05, 0) is 12.2 Å². The van der Waals surface area contributed by atoms with E-state index in [0.29, 0.717) is 17.9 Å². The van der Waals surface area contributed by atoms with Crippen molar-refractivity contribution >= 4 is 29.0 Å². The fourth-order valence-corrected chi connectivity index (χ4v) is 3.18. The Bertz CT molecular complexity index is 390. The lowest BCUT2D eigenvalue weighted by molar-refractivity contribution is 0.0922. The van der Waals surface area contributed by atoms with Gasteiger partial charge in [0.05, 0.1) is 11.6 Å². The SMILES string of the molecule is N#CC1(NC(=O)c2cscn2)CCSC1. The first-order chi connectivity index (χ1) is 7.26. The summed E-state index contributed by atoms with van der Waals surface area (Å²) in [7, 11) is 0. The Hall–Kier alpha value is -1.06. The van der Waals surface area contributed by atoms with Gasteiger partial charge in [-0.25, -0.2) is 4.98 Å². The summed E-state index contributed by atoms with van der Waals surface area (Å²) in [6.45, 7) is 0. The Labute approximate surface area is 95.7 Å². The quantitative estimate of drug-likeness (QED) is 0.844. The molecule has 0 saturated carbocycles. The highest BCUT2D eigenvalue weighted by Gasteiger charge is 2.36. The van der Waals surface area contributed by atoms with Crippen molar-refractivity contribution in [3.05, 3.63) is 16.6 Å². The van der Waals surface area contributed by atoms with Gasteiger partial charge >= 0.3 is 0 Å². The van der Waals surface area contributed by atoms with Crippen molar-refractivity contribution in [1.29, 1.82) is 5.26 Å². The van der Waals surface area contributed by atoms with Crippen LogP contribution >= 0.6 is 23.1 Å². The van der Waals surface area contributed by atoms with Gasteiger partial charge in [0, 0.05) is 11.1 Å². The van der Waals surface area contributed by atoms with Crippen LogP contribution in [0.4, 0.5) is 0 Å². The third kappa shape index (κ3) is 2.13. The number of nitriles is 1. The second-order valence-electron chi connectivity index (χ2n) is 3.32. The first-order valence-corrected chi connectivity index (χ1v) is 6.55. The molecule has 1 unspecified atom stereocenters. The maximum absolute atomic E-state index is 11.7. The number of carbonyl (C=O) groups is 1. The molecule has 0 bridgehead atoms. The number of rotatable bonds is 2. The third-order valence-electron chi connectivity index (χ3n) is 2.25. The second-order valence-corrected chi connectivity index (χ2v) is 5.15. The summed E-state index contributed by atoms with van der Waals surface area (Å²) in [6.07, 6.45) is 0.712. The average Bonchev–Trinajstić information content (AvgIpc) is 2.88. The van der Waals surface area contributed by atoms with E-state index in [9.17, 15) is 4.79 Å². The van der Waals surface area contributed by atoms with Crippen molar-refractivity contribution in [3.8, 4) is 6.07 Å². The van der Waals surface area contributed by atoms with Crippen LogP contribution in [-0.2, 0) is 0 Å². The number of nitrogens with zero attached hydrogens (tertiary/aromatic N) is 2. The number of nitrogens with one attached hydrogen (secondary N) is 1. The van der Waals surface area contributed by atoms with Crippen molar-refractivity contribution < 1.29 is 4.79 Å². The first-order valence-electron chi connectivity index (χ1n) is 4.45. The predicted molar refractivity (Wildman–Crippen MR) is 59.9 cm³/mol. The molecule has 0 aliphatic carbocycles. The van der Waals surface area contributed by atoms with Crippen LogP contribution in [0, 0.1) is 11.3 Å². The number of amides is 1. The van der Waals surface area contributed by atoms with Crippen LogP contribution in [0.3, 0.4) is 0 Å². The fraction of sp³-hybridized carbons (Fsp3) is 0.444. The van der Waals surface area contributed by atoms with Gasteiger partial charge in [-0.3, -0.25) is 4.79 Å². The molecule has 4 nitrogen and oxygen atoms in total. The molecule has 15 heavy (non-hydrogen) atoms. The molecule has 2 rings (SSSR count). The number of thiazole rings is 1. The van der Waals surface area contributed by atoms with E-state index in [-0.39, 0.29) is 5.91 Å². The van der Waals surface area contributed by atoms with Gasteiger partial charge in [-0.1, -0.05) is 0 Å². The van der Waals surface area contributed by atoms with Crippen LogP contribution in [0.25, 0.3) is 0 Å². The number of hydrogen-bond donors (Lipinski definition) is 1. The molecule has 1 aliphatic heterocycles. The molecule has 1 aromatic heterocycles. The van der Waals surface area contributed by atoms with Crippen LogP contribution in [0.15, 0.2) is 10.9 Å². The van der Waals surface area contributed by atoms with Crippen molar-refractivity contribution in [1.82, 2.24) is 10.3 Å². The monoisotopic (exact) mass is 239 g/mol. The molecule has 1 saturated heterocycles. The molecule has 1 atom stereocenters. The van der Waals surface area contributed by atoms with Gasteiger partial charge in [0.2, 0.25) is 0 Å². The molecule has 0 aromatic carbocycles. The normalized spacial score (nSPS) is 24.7. The Morgan fingerprint density at radius 1 is 1.73 bits per heavy atom. The van der Waals surface area contributed by atoms with Crippen LogP contribution in [0.5, 0.6) is 0 Å². The van der Waals surface area contributed by atoms with Gasteiger partial charge in [0.1, 0.15) is 11.2 Å². The second kappa shape index (κ2) is 4.21. The van der Waals surface area contributed by atoms with Crippen molar-refractivity contribution in [3.63, 3.8) is 0 Å². The van der Waals surface area contributed by atoms with Crippen molar-refractivity contribution in [2.24, 2.45) is 0 Å². The van der Waals surface area contributed by atoms with Crippen LogP contribution in [0.1, 0.15) is 16.9 Å². The van der Waals surface area contributed by atoms with Crippen LogP contribution in [-0.4, -0.2) is 27.9 Å². The van der Waals surface area contributed by atoms with Gasteiger partial charge in [-0.2, -0.15) is 17.0 Å². The molecular formula is C9H9N3OS2. The summed E-state index contributed by atoms with van der Waals surface area (Å²) in [6, 6.07) is 2.19. The average molecular weight is 239 g/mol. The number of aromatic nitrogens is 1. The predicted octanol–water partition coefficient (Wildman–Crippen LogP) is 1.27. The number of thioether (sulfide) groups is 1. The van der Waals surface area contributed by atoms with E-state index in [1.807, 2.05) is 0 Å². The molecule has 1 amide bonds. The zero-order chi connectivity index (χ0) is 10.7. The van der Waals surface area contributed by atoms with E-state index >= 15 is 0 Å². The van der Waals surface area contributed by atoms with E-state index in [4.69, 9.17) is 5.26 Å². The topological polar surface area (TPSA) is 65.8 Å². The van der Waals surface area contributed by atoms with E-state index in [1.165, 1.54) is 11.3 Å². The zero-order valence-electron chi connectivity index (χ0n) is 7.90. The lowest BCUT2D eigenvalue weighted by atomic mass is 10.0. The molecule has 1 aliphatic rings. The maximum atomic E-state index is 11.7. The minimum absolute atomic E-state index is 0.250. The molecule has 1 fully saturated rings. The lowest BCUT2D eigenvalue weighted by Crippen LogP contribution is -2.47. The highest BCUT2D eigenvalue weighted by atomic mass is 32.2. The van der Waals surface area contributed by atoms with Gasteiger partial charge in [0.25, 0.3) is 5.91 Å². The molecule has 6 heteroatoms. The molecule has 0 radical (unpaired) electrons. The van der Waals surface area contributed by atoms with E-state index in [2.05, 4.69) is 16.4 Å². The van der Waals surface area contributed by atoms with E-state index in [1.54, 1.807) is 22.7 Å². The number of hydrogen-bond acceptors (Lipinski definition) is 5. The van der Waals surface area contributed by atoms with E-state index < -0.39 is 5.54 Å². The minimum Gasteiger partial charge on any atom is -0.332 e. The van der Waals surface area contributed by atoms with Gasteiger partial charge in [0.15, 0.2) is 0 Å². The van der Waals surface area contributed by atoms with Crippen LogP contribution in [0.2, 0.25) is 0 Å². The Kier molecular flexibility index (Phi) is 2.93. The Morgan fingerprint density at radius 2 is 2.60 bits per heavy atom. The first kappa shape index (κ1) is 10.5. The van der Waals surface area contributed by atoms with Crippen molar-refractivity contribution in [2.75, 3.05) is 11.5 Å². The highest BCUT2D eigenvalue weighted by Crippen LogP contribution is 2.27. The molecule has 1 aromatic rings. The summed E-state index contributed by atoms with van der Waals surface area (Å²) >= 11 is 3.06. The molecule has 78 valence electrons. The third-order valence-corrected chi connectivity index (χ3v) is 4.03. The van der Waals surface area contributed by atoms with E-state index in [0.717, 1.165) is 5.75 Å². The molecule has 1 N–H and O–H groups in total. The maximum Gasteiger partial charge on any atom is 0.272 e. The van der Waals surface area contributed by atoms with Gasteiger partial charge in [-0.15, -0.1) is 11.3 Å². The summed E-state index contributed by atoms with van der Waals surface area (Å²) in [5.41, 5.74) is 1.31. The highest BCUT2D eigenvalue weighted by molar-refractivity contribution is 7.99. The summed E-state index contributed by atoms with van der Waals surface area (Å²) in [5, 5.41) is 13.5. The summed E-state index contributed by atoms with van der Waals surface area (Å²) < 4.78 is 0. The Balaban J connectivity index is 2.08. The van der Waals surface area contributed by atoms with Gasteiger partial charge < -0.3 is 5.32 Å². The minimum atomic E-state index is -0.689. The standard InChI is InChI=1S/C9H9N3OS2/c10-4-9(1-2-14-5-9)12-8(13)7-3-15-6-11-7/h3,6H,1-2,5H2,(H,12,13). The van der Waals surface area contributed by atoms with Crippen LogP contribution < -0.4 is 5.32 Å². The largest absolute Gasteiger partial charge is 0.332 e. The smallest absolute Gasteiger partial charge is 0.272 e. The lowest BCUT2D eigenvalue weighted by Gasteiger charge is -2.20. The van der Waals surface area contributed by atoms with Crippen molar-refractivity contribution in [2.45, 2.75) is 12.0 Å². The fourth-order valence-electron chi connectivity index (χ4n) is 1.39.